The first kappa shape index (κ1) is 17.2. The molecule has 142 valence electrons. The Kier molecular flexibility index (Phi) is 3.50. The molecule has 6 aliphatic rings. The van der Waals surface area contributed by atoms with Crippen molar-refractivity contribution in [2.75, 3.05) is 19.6 Å². The van der Waals surface area contributed by atoms with Gasteiger partial charge in [-0.3, -0.25) is 9.59 Å². The van der Waals surface area contributed by atoms with Gasteiger partial charge in [0.05, 0.1) is 5.41 Å². The molecule has 1 aliphatic heterocycles. The predicted molar refractivity (Wildman–Crippen MR) is 102 cm³/mol. The van der Waals surface area contributed by atoms with Crippen molar-refractivity contribution in [2.45, 2.75) is 65.2 Å². The van der Waals surface area contributed by atoms with Gasteiger partial charge < -0.3 is 4.90 Å². The molecule has 0 aromatic carbocycles. The second-order valence-corrected chi connectivity index (χ2v) is 10.5. The van der Waals surface area contributed by atoms with Crippen molar-refractivity contribution in [3.63, 3.8) is 0 Å². The van der Waals surface area contributed by atoms with Gasteiger partial charge in [0.15, 0.2) is 5.78 Å². The lowest BCUT2D eigenvalue weighted by atomic mass is 9.35. The molecule has 4 bridgehead atoms. The summed E-state index contributed by atoms with van der Waals surface area (Å²) in [5.74, 6) is 1.52. The minimum atomic E-state index is -0.699. The Bertz CT molecular complexity index is 698. The lowest BCUT2D eigenvalue weighted by Gasteiger charge is -2.70. The Hall–Kier alpha value is -0.960. The van der Waals surface area contributed by atoms with Crippen molar-refractivity contribution >= 4 is 11.6 Å². The van der Waals surface area contributed by atoms with Crippen LogP contribution in [-0.4, -0.2) is 36.1 Å². The first-order valence-corrected chi connectivity index (χ1v) is 10.9. The van der Waals surface area contributed by atoms with Crippen LogP contribution in [0.1, 0.15) is 65.2 Å². The highest BCUT2D eigenvalue weighted by atomic mass is 16.2. The number of carbonyl (C=O) groups is 2. The van der Waals surface area contributed by atoms with Gasteiger partial charge in [-0.05, 0) is 79.2 Å². The maximum Gasteiger partial charge on any atom is 0.172 e. The lowest BCUT2D eigenvalue weighted by molar-refractivity contribution is -0.211. The zero-order valence-electron chi connectivity index (χ0n) is 16.5. The average Bonchev–Trinajstić information content (AvgIpc) is 2.60. The van der Waals surface area contributed by atoms with Gasteiger partial charge in [-0.15, -0.1) is 0 Å². The number of hydrogen-bond acceptors (Lipinski definition) is 3. The minimum Gasteiger partial charge on any atom is -0.302 e. The molecular weight excluding hydrogens is 322 g/mol. The van der Waals surface area contributed by atoms with E-state index in [0.29, 0.717) is 18.3 Å². The second kappa shape index (κ2) is 5.31. The Balaban J connectivity index is 1.65. The van der Waals surface area contributed by atoms with Crippen molar-refractivity contribution in [1.29, 1.82) is 0 Å². The smallest absolute Gasteiger partial charge is 0.172 e. The summed E-state index contributed by atoms with van der Waals surface area (Å²) in [4.78, 5) is 29.5. The Morgan fingerprint density at radius 1 is 1.15 bits per heavy atom. The van der Waals surface area contributed by atoms with E-state index in [1.165, 1.54) is 25.7 Å². The predicted octanol–water partition coefficient (Wildman–Crippen LogP) is 4.02. The van der Waals surface area contributed by atoms with E-state index in [9.17, 15) is 9.59 Å². The van der Waals surface area contributed by atoms with E-state index >= 15 is 0 Å². The van der Waals surface area contributed by atoms with Crippen molar-refractivity contribution in [3.05, 3.63) is 12.2 Å². The largest absolute Gasteiger partial charge is 0.302 e. The van der Waals surface area contributed by atoms with Crippen LogP contribution < -0.4 is 0 Å². The highest BCUT2D eigenvalue weighted by Crippen LogP contribution is 2.71. The number of allylic oxidation sites excluding steroid dienone is 1. The molecule has 5 saturated carbocycles. The maximum atomic E-state index is 13.5. The lowest BCUT2D eigenvalue weighted by Crippen LogP contribution is -2.72. The first-order valence-electron chi connectivity index (χ1n) is 10.9. The number of carbonyl (C=O) groups excluding carboxylic acids is 2. The molecule has 0 aromatic rings. The summed E-state index contributed by atoms with van der Waals surface area (Å²) in [6.07, 6.45) is 8.43. The molecule has 0 aromatic heterocycles. The molecule has 3 nitrogen and oxygen atoms in total. The summed E-state index contributed by atoms with van der Waals surface area (Å²) < 4.78 is 0. The summed E-state index contributed by atoms with van der Waals surface area (Å²) in [6.45, 7) is 12.3. The monoisotopic (exact) mass is 355 g/mol. The molecule has 1 heterocycles. The van der Waals surface area contributed by atoms with Crippen molar-refractivity contribution in [3.8, 4) is 0 Å². The molecule has 6 rings (SSSR count). The van der Waals surface area contributed by atoms with Crippen LogP contribution in [0.2, 0.25) is 0 Å². The quantitative estimate of drug-likeness (QED) is 0.555. The van der Waals surface area contributed by atoms with Crippen molar-refractivity contribution < 1.29 is 9.59 Å². The summed E-state index contributed by atoms with van der Waals surface area (Å²) in [7, 11) is 0. The minimum absolute atomic E-state index is 0.141. The van der Waals surface area contributed by atoms with Gasteiger partial charge >= 0.3 is 0 Å². The molecule has 0 radical (unpaired) electrons. The van der Waals surface area contributed by atoms with E-state index < -0.39 is 5.41 Å². The van der Waals surface area contributed by atoms with Crippen LogP contribution in [0.4, 0.5) is 0 Å². The number of Topliss-reactive ketones (excluding diaryl/α,β-unsaturated/α-hetero) is 2. The fourth-order valence-electron chi connectivity index (χ4n) is 8.47. The second-order valence-electron chi connectivity index (χ2n) is 10.5. The van der Waals surface area contributed by atoms with Crippen LogP contribution in [0.5, 0.6) is 0 Å². The third kappa shape index (κ3) is 1.84. The summed E-state index contributed by atoms with van der Waals surface area (Å²) in [5.41, 5.74) is 0.509. The normalized spacial score (nSPS) is 50.5. The van der Waals surface area contributed by atoms with Crippen LogP contribution in [0, 0.1) is 34.0 Å². The molecule has 6 fully saturated rings. The molecule has 1 saturated heterocycles. The van der Waals surface area contributed by atoms with Crippen LogP contribution in [0.25, 0.3) is 0 Å². The molecule has 0 N–H and O–H groups in total. The molecule has 3 heteroatoms. The summed E-state index contributed by atoms with van der Waals surface area (Å²) in [5, 5.41) is 0. The Morgan fingerprint density at radius 2 is 1.96 bits per heavy atom. The summed E-state index contributed by atoms with van der Waals surface area (Å²) in [6, 6.07) is 0. The van der Waals surface area contributed by atoms with Gasteiger partial charge in [-0.25, -0.2) is 0 Å². The van der Waals surface area contributed by atoms with Gasteiger partial charge in [0, 0.05) is 19.5 Å². The van der Waals surface area contributed by atoms with E-state index in [1.54, 1.807) is 0 Å². The first-order chi connectivity index (χ1) is 12.4. The van der Waals surface area contributed by atoms with Gasteiger partial charge in [0.1, 0.15) is 5.78 Å². The van der Waals surface area contributed by atoms with Crippen LogP contribution in [-0.2, 0) is 9.59 Å². The topological polar surface area (TPSA) is 37.4 Å². The molecule has 26 heavy (non-hydrogen) atoms. The number of likely N-dealkylation sites (tertiary alicyclic amines) is 1. The van der Waals surface area contributed by atoms with Crippen molar-refractivity contribution in [2.24, 2.45) is 34.0 Å². The van der Waals surface area contributed by atoms with Gasteiger partial charge in [-0.1, -0.05) is 26.8 Å². The van der Waals surface area contributed by atoms with E-state index in [2.05, 4.69) is 25.3 Å². The maximum absolute atomic E-state index is 13.5. The van der Waals surface area contributed by atoms with E-state index in [4.69, 9.17) is 0 Å². The Morgan fingerprint density at radius 3 is 2.73 bits per heavy atom. The number of rotatable bonds is 2. The van der Waals surface area contributed by atoms with E-state index in [0.717, 1.165) is 44.5 Å². The molecule has 6 atom stereocenters. The SMILES string of the molecule is C=C1C(=O)C23CC[C@H]1CC2[C@@]12CCC[C@@](C)(CN(CCC)C1)C2CC3=O. The highest BCUT2D eigenvalue weighted by Gasteiger charge is 2.72. The number of hydrogen-bond donors (Lipinski definition) is 0. The third-order valence-corrected chi connectivity index (χ3v) is 9.34. The molecular formula is C23H33NO2. The van der Waals surface area contributed by atoms with E-state index in [-0.39, 0.29) is 28.3 Å². The van der Waals surface area contributed by atoms with Gasteiger partial charge in [0.2, 0.25) is 0 Å². The number of piperidine rings is 1. The summed E-state index contributed by atoms with van der Waals surface area (Å²) >= 11 is 0. The third-order valence-electron chi connectivity index (χ3n) is 9.34. The number of fused-ring (bicyclic) bond motifs is 2. The fourth-order valence-corrected chi connectivity index (χ4v) is 8.47. The van der Waals surface area contributed by atoms with Gasteiger partial charge in [-0.2, -0.15) is 0 Å². The molecule has 3 unspecified atom stereocenters. The molecule has 5 aliphatic carbocycles. The van der Waals surface area contributed by atoms with Crippen LogP contribution >= 0.6 is 0 Å². The van der Waals surface area contributed by atoms with E-state index in [1.807, 2.05) is 0 Å². The molecule has 1 spiro atoms. The standard InChI is InChI=1S/C23H33NO2/c1-4-10-24-13-21(3)7-5-8-22(14-24)17(21)12-19(25)23-9-6-16(11-18(22)23)15(2)20(23)26/h16-18H,2,4-14H2,1,3H3/t16-,17?,18?,21-,22-,23?/m0/s1. The number of ketones is 2. The molecule has 0 amide bonds. The van der Waals surface area contributed by atoms with Crippen LogP contribution in [0.3, 0.4) is 0 Å². The zero-order chi connectivity index (χ0) is 18.3. The fraction of sp³-hybridized carbons (Fsp3) is 0.826. The highest BCUT2D eigenvalue weighted by molar-refractivity contribution is 6.16. The average molecular weight is 356 g/mol. The van der Waals surface area contributed by atoms with Crippen molar-refractivity contribution in [1.82, 2.24) is 4.90 Å². The Labute approximate surface area is 157 Å². The number of nitrogens with zero attached hydrogens (tertiary/aromatic N) is 1. The zero-order valence-corrected chi connectivity index (χ0v) is 16.5. The van der Waals surface area contributed by atoms with Gasteiger partial charge in [0.25, 0.3) is 0 Å². The van der Waals surface area contributed by atoms with Crippen LogP contribution in [0.15, 0.2) is 12.2 Å².